The predicted molar refractivity (Wildman–Crippen MR) is 82.1 cm³/mol. The highest BCUT2D eigenvalue weighted by Gasteiger charge is 2.27. The Hall–Kier alpha value is -1.63. The van der Waals surface area contributed by atoms with E-state index in [4.69, 9.17) is 4.74 Å². The summed E-state index contributed by atoms with van der Waals surface area (Å²) in [5, 5.41) is 5.35. The van der Waals surface area contributed by atoms with Crippen molar-refractivity contribution in [3.63, 3.8) is 0 Å². The number of ether oxygens (including phenoxy) is 1. The van der Waals surface area contributed by atoms with Gasteiger partial charge in [-0.3, -0.25) is 19.3 Å². The zero-order valence-electron chi connectivity index (χ0n) is 13.7. The van der Waals surface area contributed by atoms with E-state index in [2.05, 4.69) is 10.6 Å². The van der Waals surface area contributed by atoms with Crippen LogP contribution < -0.4 is 10.6 Å². The van der Waals surface area contributed by atoms with Gasteiger partial charge in [0.2, 0.25) is 11.8 Å². The molecule has 7 nitrogen and oxygen atoms in total. The van der Waals surface area contributed by atoms with Crippen molar-refractivity contribution in [1.82, 2.24) is 15.5 Å². The summed E-state index contributed by atoms with van der Waals surface area (Å²) in [5.41, 5.74) is 0. The monoisotopic (exact) mass is 313 g/mol. The molecule has 1 saturated heterocycles. The fourth-order valence-corrected chi connectivity index (χ4v) is 2.47. The fraction of sp³-hybridized carbons (Fsp3) is 0.800. The lowest BCUT2D eigenvalue weighted by Gasteiger charge is -2.30. The van der Waals surface area contributed by atoms with Gasteiger partial charge in [0.25, 0.3) is 0 Å². The lowest BCUT2D eigenvalue weighted by molar-refractivity contribution is -0.149. The maximum Gasteiger partial charge on any atom is 0.309 e. The van der Waals surface area contributed by atoms with Crippen molar-refractivity contribution in [2.24, 2.45) is 5.92 Å². The maximum absolute atomic E-state index is 11.9. The number of amides is 2. The van der Waals surface area contributed by atoms with Crippen LogP contribution in [0.4, 0.5) is 0 Å². The van der Waals surface area contributed by atoms with Crippen molar-refractivity contribution < 1.29 is 19.1 Å². The average Bonchev–Trinajstić information content (AvgIpc) is 2.48. The molecule has 0 aliphatic carbocycles. The first-order valence-electron chi connectivity index (χ1n) is 7.94. The van der Waals surface area contributed by atoms with E-state index >= 15 is 0 Å². The highest BCUT2D eigenvalue weighted by Crippen LogP contribution is 2.18. The van der Waals surface area contributed by atoms with Crippen LogP contribution in [0.3, 0.4) is 0 Å². The first kappa shape index (κ1) is 18.4. The number of hydrogen-bond donors (Lipinski definition) is 2. The van der Waals surface area contributed by atoms with Crippen molar-refractivity contribution in [1.29, 1.82) is 0 Å². The molecule has 0 spiro atoms. The molecule has 0 aromatic carbocycles. The van der Waals surface area contributed by atoms with Crippen molar-refractivity contribution in [2.45, 2.75) is 39.7 Å². The van der Waals surface area contributed by atoms with E-state index in [9.17, 15) is 14.4 Å². The molecule has 1 fully saturated rings. The molecule has 1 aliphatic rings. The number of likely N-dealkylation sites (tertiary alicyclic amines) is 1. The summed E-state index contributed by atoms with van der Waals surface area (Å²) in [6.07, 6.45) is 1.41. The molecule has 1 rings (SSSR count). The Bertz CT molecular complexity index is 392. The molecule has 0 unspecified atom stereocenters. The van der Waals surface area contributed by atoms with Crippen LogP contribution in [-0.2, 0) is 19.1 Å². The molecule has 2 amide bonds. The Labute approximate surface area is 131 Å². The molecule has 0 saturated carbocycles. The van der Waals surface area contributed by atoms with Gasteiger partial charge in [0.15, 0.2) is 0 Å². The maximum atomic E-state index is 11.9. The summed E-state index contributed by atoms with van der Waals surface area (Å²) in [4.78, 5) is 37.1. The predicted octanol–water partition coefficient (Wildman–Crippen LogP) is -0.0977. The van der Waals surface area contributed by atoms with Crippen LogP contribution in [0.15, 0.2) is 0 Å². The van der Waals surface area contributed by atoms with Crippen molar-refractivity contribution in [3.05, 3.63) is 0 Å². The molecule has 7 heteroatoms. The van der Waals surface area contributed by atoms with Crippen molar-refractivity contribution in [3.8, 4) is 0 Å². The van der Waals surface area contributed by atoms with Gasteiger partial charge in [0.05, 0.1) is 19.1 Å². The third kappa shape index (κ3) is 6.01. The van der Waals surface area contributed by atoms with E-state index in [-0.39, 0.29) is 30.2 Å². The number of nitrogens with one attached hydrogen (secondary N) is 2. The molecule has 0 aromatic rings. The second-order valence-corrected chi connectivity index (χ2v) is 5.49. The first-order chi connectivity index (χ1) is 10.5. The van der Waals surface area contributed by atoms with Crippen LogP contribution in [0.1, 0.15) is 33.6 Å². The smallest absolute Gasteiger partial charge is 0.309 e. The second-order valence-electron chi connectivity index (χ2n) is 5.49. The molecule has 0 aromatic heterocycles. The minimum Gasteiger partial charge on any atom is -0.466 e. The van der Waals surface area contributed by atoms with Crippen LogP contribution in [0.2, 0.25) is 0 Å². The third-order valence-corrected chi connectivity index (χ3v) is 3.70. The summed E-state index contributed by atoms with van der Waals surface area (Å²) in [6, 6.07) is -0.537. The average molecular weight is 313 g/mol. The molecule has 2 N–H and O–H groups in total. The Balaban J connectivity index is 2.30. The van der Waals surface area contributed by atoms with E-state index < -0.39 is 6.04 Å². The van der Waals surface area contributed by atoms with E-state index in [0.29, 0.717) is 39.1 Å². The standard InChI is InChI=1S/C15H27N3O4/c1-4-16-14(20)11(3)17-13(19)10-18-8-6-12(7-9-18)15(21)22-5-2/h11-12H,4-10H2,1-3H3,(H,16,20)(H,17,19)/t11-/m1/s1. The molecule has 22 heavy (non-hydrogen) atoms. The van der Waals surface area contributed by atoms with Gasteiger partial charge in [-0.05, 0) is 46.7 Å². The second kappa shape index (κ2) is 9.40. The summed E-state index contributed by atoms with van der Waals surface area (Å²) >= 11 is 0. The van der Waals surface area contributed by atoms with Crippen LogP contribution in [-0.4, -0.2) is 61.5 Å². The number of carbonyl (C=O) groups excluding carboxylic acids is 3. The Morgan fingerprint density at radius 2 is 1.86 bits per heavy atom. The van der Waals surface area contributed by atoms with Crippen LogP contribution in [0, 0.1) is 5.92 Å². The summed E-state index contributed by atoms with van der Waals surface area (Å²) in [5.74, 6) is -0.560. The zero-order valence-corrected chi connectivity index (χ0v) is 13.7. The normalized spacial score (nSPS) is 17.6. The molecule has 0 radical (unpaired) electrons. The quantitative estimate of drug-likeness (QED) is 0.641. The van der Waals surface area contributed by atoms with Crippen LogP contribution in [0.25, 0.3) is 0 Å². The third-order valence-electron chi connectivity index (χ3n) is 3.70. The van der Waals surface area contributed by atoms with Crippen molar-refractivity contribution >= 4 is 17.8 Å². The van der Waals surface area contributed by atoms with Gasteiger partial charge in [-0.2, -0.15) is 0 Å². The minimum atomic E-state index is -0.537. The fourth-order valence-electron chi connectivity index (χ4n) is 2.47. The Morgan fingerprint density at radius 1 is 1.23 bits per heavy atom. The highest BCUT2D eigenvalue weighted by atomic mass is 16.5. The van der Waals surface area contributed by atoms with Crippen LogP contribution in [0.5, 0.6) is 0 Å². The van der Waals surface area contributed by atoms with Gasteiger partial charge >= 0.3 is 5.97 Å². The highest BCUT2D eigenvalue weighted by molar-refractivity contribution is 5.87. The molecular formula is C15H27N3O4. The molecular weight excluding hydrogens is 286 g/mol. The first-order valence-corrected chi connectivity index (χ1v) is 7.94. The van der Waals surface area contributed by atoms with E-state index in [1.807, 2.05) is 11.8 Å². The van der Waals surface area contributed by atoms with Gasteiger partial charge in [-0.1, -0.05) is 0 Å². The summed E-state index contributed by atoms with van der Waals surface area (Å²) < 4.78 is 5.02. The summed E-state index contributed by atoms with van der Waals surface area (Å²) in [6.45, 7) is 7.86. The number of hydrogen-bond acceptors (Lipinski definition) is 5. The molecule has 1 aliphatic heterocycles. The van der Waals surface area contributed by atoms with Gasteiger partial charge in [-0.15, -0.1) is 0 Å². The van der Waals surface area contributed by atoms with Gasteiger partial charge in [0, 0.05) is 6.54 Å². The molecule has 1 heterocycles. The number of nitrogens with zero attached hydrogens (tertiary/aromatic N) is 1. The van der Waals surface area contributed by atoms with E-state index in [1.54, 1.807) is 13.8 Å². The number of carbonyl (C=O) groups is 3. The SMILES string of the molecule is CCNC(=O)[C@@H](C)NC(=O)CN1CCC(C(=O)OCC)CC1. The van der Waals surface area contributed by atoms with Gasteiger partial charge in [0.1, 0.15) is 6.04 Å². The Kier molecular flexibility index (Phi) is 7.87. The molecule has 0 bridgehead atoms. The van der Waals surface area contributed by atoms with Gasteiger partial charge in [-0.25, -0.2) is 0 Å². The largest absolute Gasteiger partial charge is 0.466 e. The number of likely N-dealkylation sites (N-methyl/N-ethyl adjacent to an activating group) is 1. The van der Waals surface area contributed by atoms with E-state index in [0.717, 1.165) is 0 Å². The lowest BCUT2D eigenvalue weighted by atomic mass is 9.97. The number of esters is 1. The molecule has 1 atom stereocenters. The minimum absolute atomic E-state index is 0.0616. The number of rotatable bonds is 7. The zero-order chi connectivity index (χ0) is 16.5. The summed E-state index contributed by atoms with van der Waals surface area (Å²) in [7, 11) is 0. The van der Waals surface area contributed by atoms with E-state index in [1.165, 1.54) is 0 Å². The Morgan fingerprint density at radius 3 is 2.41 bits per heavy atom. The molecule has 126 valence electrons. The lowest BCUT2D eigenvalue weighted by Crippen LogP contribution is -2.49. The van der Waals surface area contributed by atoms with Crippen LogP contribution >= 0.6 is 0 Å². The topological polar surface area (TPSA) is 87.7 Å². The van der Waals surface area contributed by atoms with Crippen molar-refractivity contribution in [2.75, 3.05) is 32.8 Å². The van der Waals surface area contributed by atoms with Gasteiger partial charge < -0.3 is 15.4 Å². The number of piperidine rings is 1.